The van der Waals surface area contributed by atoms with Crippen molar-refractivity contribution in [3.05, 3.63) is 72.3 Å². The zero-order chi connectivity index (χ0) is 15.1. The Kier molecular flexibility index (Phi) is 5.16. The minimum Gasteiger partial charge on any atom is -0.490 e. The van der Waals surface area contributed by atoms with E-state index in [1.54, 1.807) is 6.08 Å². The van der Waals surface area contributed by atoms with Crippen LogP contribution in [-0.2, 0) is 11.2 Å². The number of hydrogen-bond donors (Lipinski definition) is 1. The first-order chi connectivity index (χ1) is 10.2. The van der Waals surface area contributed by atoms with Gasteiger partial charge in [0.2, 0.25) is 5.91 Å². The third kappa shape index (κ3) is 4.49. The molecule has 0 saturated carbocycles. The van der Waals surface area contributed by atoms with Gasteiger partial charge in [-0.25, -0.2) is 0 Å². The molecule has 2 aromatic rings. The first-order valence-electron chi connectivity index (χ1n) is 6.87. The Morgan fingerprint density at radius 3 is 2.57 bits per heavy atom. The lowest BCUT2D eigenvalue weighted by Crippen LogP contribution is -2.14. The van der Waals surface area contributed by atoms with Crippen LogP contribution in [0, 0.1) is 6.92 Å². The summed E-state index contributed by atoms with van der Waals surface area (Å²) < 4.78 is 5.40. The van der Waals surface area contributed by atoms with Crippen molar-refractivity contribution >= 4 is 11.6 Å². The molecule has 21 heavy (non-hydrogen) atoms. The second kappa shape index (κ2) is 7.29. The Hall–Kier alpha value is -2.55. The lowest BCUT2D eigenvalue weighted by atomic mass is 10.1. The van der Waals surface area contributed by atoms with E-state index in [1.807, 2.05) is 55.5 Å². The Morgan fingerprint density at radius 2 is 1.90 bits per heavy atom. The molecule has 0 aromatic heterocycles. The minimum absolute atomic E-state index is 0.0240. The van der Waals surface area contributed by atoms with E-state index in [0.717, 1.165) is 22.6 Å². The molecule has 0 heterocycles. The van der Waals surface area contributed by atoms with Crippen LogP contribution in [0.25, 0.3) is 0 Å². The second-order valence-corrected chi connectivity index (χ2v) is 4.78. The average molecular weight is 281 g/mol. The van der Waals surface area contributed by atoms with Crippen LogP contribution in [0.2, 0.25) is 0 Å². The molecular formula is C18H19NO2. The van der Waals surface area contributed by atoms with E-state index in [9.17, 15) is 4.79 Å². The van der Waals surface area contributed by atoms with Crippen molar-refractivity contribution in [1.82, 2.24) is 0 Å². The molecule has 3 nitrogen and oxygen atoms in total. The maximum Gasteiger partial charge on any atom is 0.228 e. The molecule has 0 atom stereocenters. The van der Waals surface area contributed by atoms with E-state index in [-0.39, 0.29) is 5.91 Å². The minimum atomic E-state index is -0.0240. The fourth-order valence-electron chi connectivity index (χ4n) is 1.98. The molecular weight excluding hydrogens is 262 g/mol. The highest BCUT2D eigenvalue weighted by molar-refractivity contribution is 5.92. The van der Waals surface area contributed by atoms with Crippen molar-refractivity contribution in [2.45, 2.75) is 13.3 Å². The number of aryl methyl sites for hydroxylation is 1. The van der Waals surface area contributed by atoms with Gasteiger partial charge in [0.05, 0.1) is 6.42 Å². The van der Waals surface area contributed by atoms with Gasteiger partial charge in [0.25, 0.3) is 0 Å². The number of amides is 1. The maximum atomic E-state index is 12.0. The summed E-state index contributed by atoms with van der Waals surface area (Å²) in [5.74, 6) is 0.732. The molecule has 0 bridgehead atoms. The van der Waals surface area contributed by atoms with E-state index in [0.29, 0.717) is 13.0 Å². The number of carbonyl (C=O) groups is 1. The monoisotopic (exact) mass is 281 g/mol. The third-order valence-corrected chi connectivity index (χ3v) is 3.12. The predicted molar refractivity (Wildman–Crippen MR) is 85.6 cm³/mol. The van der Waals surface area contributed by atoms with Gasteiger partial charge in [-0.3, -0.25) is 4.79 Å². The molecule has 0 aliphatic carbocycles. The van der Waals surface area contributed by atoms with E-state index in [2.05, 4.69) is 11.9 Å². The molecule has 0 spiro atoms. The summed E-state index contributed by atoms with van der Waals surface area (Å²) in [5, 5.41) is 2.89. The van der Waals surface area contributed by atoms with Crippen LogP contribution in [0.15, 0.2) is 61.2 Å². The molecule has 1 amide bonds. The molecule has 1 N–H and O–H groups in total. The molecule has 0 saturated heterocycles. The second-order valence-electron chi connectivity index (χ2n) is 4.78. The van der Waals surface area contributed by atoms with E-state index in [4.69, 9.17) is 4.74 Å². The summed E-state index contributed by atoms with van der Waals surface area (Å²) in [4.78, 5) is 12.0. The summed E-state index contributed by atoms with van der Waals surface area (Å²) in [6.45, 7) is 6.08. The number of benzene rings is 2. The zero-order valence-electron chi connectivity index (χ0n) is 12.1. The Labute approximate surface area is 125 Å². The predicted octanol–water partition coefficient (Wildman–Crippen LogP) is 3.74. The van der Waals surface area contributed by atoms with E-state index >= 15 is 0 Å². The van der Waals surface area contributed by atoms with Gasteiger partial charge in [-0.1, -0.05) is 36.9 Å². The van der Waals surface area contributed by atoms with Gasteiger partial charge in [-0.2, -0.15) is 0 Å². The normalized spacial score (nSPS) is 9.95. The van der Waals surface area contributed by atoms with Crippen LogP contribution < -0.4 is 10.1 Å². The van der Waals surface area contributed by atoms with Gasteiger partial charge < -0.3 is 10.1 Å². The number of rotatable bonds is 6. The summed E-state index contributed by atoms with van der Waals surface area (Å²) in [5.41, 5.74) is 2.93. The molecule has 0 fully saturated rings. The summed E-state index contributed by atoms with van der Waals surface area (Å²) in [6, 6.07) is 15.2. The van der Waals surface area contributed by atoms with Crippen LogP contribution in [0.3, 0.4) is 0 Å². The number of ether oxygens (including phenoxy) is 1. The van der Waals surface area contributed by atoms with Crippen molar-refractivity contribution in [1.29, 1.82) is 0 Å². The van der Waals surface area contributed by atoms with Gasteiger partial charge in [0.1, 0.15) is 12.4 Å². The van der Waals surface area contributed by atoms with Crippen molar-refractivity contribution in [2.24, 2.45) is 0 Å². The Bertz CT molecular complexity index is 617. The van der Waals surface area contributed by atoms with Crippen molar-refractivity contribution in [3.8, 4) is 5.75 Å². The fraction of sp³-hybridized carbons (Fsp3) is 0.167. The number of carbonyl (C=O) groups excluding carboxylic acids is 1. The fourth-order valence-corrected chi connectivity index (χ4v) is 1.98. The average Bonchev–Trinajstić information content (AvgIpc) is 2.49. The van der Waals surface area contributed by atoms with E-state index in [1.165, 1.54) is 0 Å². The standard InChI is InChI=1S/C18H19NO2/c1-3-12-21-17-10-8-16(9-11-17)19-18(20)13-15-7-5-4-6-14(15)2/h3-11H,1,12-13H2,2H3,(H,19,20). The molecule has 2 rings (SSSR count). The molecule has 108 valence electrons. The quantitative estimate of drug-likeness (QED) is 0.819. The molecule has 0 unspecified atom stereocenters. The van der Waals surface area contributed by atoms with Crippen molar-refractivity contribution in [2.75, 3.05) is 11.9 Å². The molecule has 0 aliphatic heterocycles. The smallest absolute Gasteiger partial charge is 0.228 e. The van der Waals surface area contributed by atoms with Crippen LogP contribution in [-0.4, -0.2) is 12.5 Å². The molecule has 3 heteroatoms. The van der Waals surface area contributed by atoms with Gasteiger partial charge in [0.15, 0.2) is 0 Å². The molecule has 2 aromatic carbocycles. The molecule has 0 radical (unpaired) electrons. The summed E-state index contributed by atoms with van der Waals surface area (Å²) >= 11 is 0. The van der Waals surface area contributed by atoms with Gasteiger partial charge in [-0.05, 0) is 42.3 Å². The SMILES string of the molecule is C=CCOc1ccc(NC(=O)Cc2ccccc2C)cc1. The topological polar surface area (TPSA) is 38.3 Å². The van der Waals surface area contributed by atoms with Gasteiger partial charge in [0, 0.05) is 5.69 Å². The first-order valence-corrected chi connectivity index (χ1v) is 6.87. The number of nitrogens with one attached hydrogen (secondary N) is 1. The van der Waals surface area contributed by atoms with Crippen LogP contribution in [0.1, 0.15) is 11.1 Å². The summed E-state index contributed by atoms with van der Waals surface area (Å²) in [6.07, 6.45) is 2.07. The zero-order valence-corrected chi connectivity index (χ0v) is 12.1. The third-order valence-electron chi connectivity index (χ3n) is 3.12. The lowest BCUT2D eigenvalue weighted by molar-refractivity contribution is -0.115. The molecule has 0 aliphatic rings. The highest BCUT2D eigenvalue weighted by Gasteiger charge is 2.06. The van der Waals surface area contributed by atoms with Crippen LogP contribution in [0.5, 0.6) is 5.75 Å². The Morgan fingerprint density at radius 1 is 1.19 bits per heavy atom. The number of anilines is 1. The highest BCUT2D eigenvalue weighted by Crippen LogP contribution is 2.16. The highest BCUT2D eigenvalue weighted by atomic mass is 16.5. The summed E-state index contributed by atoms with van der Waals surface area (Å²) in [7, 11) is 0. The van der Waals surface area contributed by atoms with Gasteiger partial charge >= 0.3 is 0 Å². The van der Waals surface area contributed by atoms with E-state index < -0.39 is 0 Å². The van der Waals surface area contributed by atoms with Crippen molar-refractivity contribution < 1.29 is 9.53 Å². The lowest BCUT2D eigenvalue weighted by Gasteiger charge is -2.08. The Balaban J connectivity index is 1.93. The number of hydrogen-bond acceptors (Lipinski definition) is 2. The van der Waals surface area contributed by atoms with Crippen LogP contribution in [0.4, 0.5) is 5.69 Å². The van der Waals surface area contributed by atoms with Crippen molar-refractivity contribution in [3.63, 3.8) is 0 Å². The maximum absolute atomic E-state index is 12.0. The largest absolute Gasteiger partial charge is 0.490 e. The van der Waals surface area contributed by atoms with Crippen LogP contribution >= 0.6 is 0 Å². The van der Waals surface area contributed by atoms with Gasteiger partial charge in [-0.15, -0.1) is 0 Å². The first kappa shape index (κ1) is 14.9.